The van der Waals surface area contributed by atoms with Crippen LogP contribution in [0.2, 0.25) is 0 Å². The van der Waals surface area contributed by atoms with Crippen LogP contribution in [-0.4, -0.2) is 56.2 Å². The normalized spacial score (nSPS) is 19.9. The molecule has 2 aliphatic rings. The molecule has 0 bridgehead atoms. The van der Waals surface area contributed by atoms with Crippen LogP contribution in [0.25, 0.3) is 11.4 Å². The van der Waals surface area contributed by atoms with Gasteiger partial charge in [-0.15, -0.1) is 10.2 Å². The van der Waals surface area contributed by atoms with Crippen molar-refractivity contribution in [3.63, 3.8) is 0 Å². The van der Waals surface area contributed by atoms with Crippen molar-refractivity contribution in [2.75, 3.05) is 19.6 Å². The average Bonchev–Trinajstić information content (AvgIpc) is 3.34. The van der Waals surface area contributed by atoms with E-state index in [1.807, 2.05) is 24.3 Å². The summed E-state index contributed by atoms with van der Waals surface area (Å²) in [5, 5.41) is 15.5. The largest absolute Gasteiger partial charge is 0.345 e. The molecule has 7 nitrogen and oxygen atoms in total. The first-order valence-corrected chi connectivity index (χ1v) is 10.0. The first kappa shape index (κ1) is 18.1. The molecule has 0 radical (unpaired) electrons. The van der Waals surface area contributed by atoms with E-state index in [4.69, 9.17) is 0 Å². The van der Waals surface area contributed by atoms with Crippen molar-refractivity contribution in [3.05, 3.63) is 29.8 Å². The fourth-order valence-electron chi connectivity index (χ4n) is 4.40. The van der Waals surface area contributed by atoms with Crippen LogP contribution in [0.1, 0.15) is 55.3 Å². The maximum atomic E-state index is 13.0. The van der Waals surface area contributed by atoms with Gasteiger partial charge in [-0.2, -0.15) is 4.80 Å². The fourth-order valence-corrected chi connectivity index (χ4v) is 4.40. The summed E-state index contributed by atoms with van der Waals surface area (Å²) in [7, 11) is 1.74. The molecule has 1 aliphatic carbocycles. The lowest BCUT2D eigenvalue weighted by Crippen LogP contribution is -2.56. The lowest BCUT2D eigenvalue weighted by molar-refractivity contribution is 0.0822. The Bertz CT molecular complexity index is 772. The van der Waals surface area contributed by atoms with Crippen molar-refractivity contribution in [2.24, 2.45) is 7.05 Å². The molecule has 0 spiro atoms. The summed E-state index contributed by atoms with van der Waals surface area (Å²) in [6, 6.07) is 7.49. The molecule has 7 heteroatoms. The Morgan fingerprint density at radius 1 is 1.07 bits per heavy atom. The summed E-state index contributed by atoms with van der Waals surface area (Å²) in [6.07, 6.45) is 8.39. The molecule has 2 heterocycles. The third-order valence-corrected chi connectivity index (χ3v) is 5.83. The van der Waals surface area contributed by atoms with Gasteiger partial charge in [0.15, 0.2) is 0 Å². The van der Waals surface area contributed by atoms with Crippen LogP contribution in [0, 0.1) is 0 Å². The van der Waals surface area contributed by atoms with Crippen LogP contribution < -0.4 is 5.32 Å². The first-order chi connectivity index (χ1) is 13.1. The van der Waals surface area contributed by atoms with E-state index in [2.05, 4.69) is 25.6 Å². The monoisotopic (exact) mass is 368 g/mol. The molecule has 1 amide bonds. The lowest BCUT2D eigenvalue weighted by atomic mass is 9.81. The number of benzene rings is 1. The number of likely N-dealkylation sites (tertiary alicyclic amines) is 1. The van der Waals surface area contributed by atoms with Crippen LogP contribution >= 0.6 is 0 Å². The maximum Gasteiger partial charge on any atom is 0.251 e. The number of carbonyl (C=O) groups is 1. The van der Waals surface area contributed by atoms with Gasteiger partial charge in [-0.25, -0.2) is 0 Å². The van der Waals surface area contributed by atoms with E-state index in [1.165, 1.54) is 36.9 Å². The van der Waals surface area contributed by atoms with Crippen LogP contribution in [-0.2, 0) is 7.05 Å². The number of aromatic nitrogens is 4. The Kier molecular flexibility index (Phi) is 5.20. The van der Waals surface area contributed by atoms with Gasteiger partial charge in [0.1, 0.15) is 0 Å². The lowest BCUT2D eigenvalue weighted by Gasteiger charge is -2.41. The smallest absolute Gasteiger partial charge is 0.251 e. The number of nitrogens with one attached hydrogen (secondary N) is 1. The van der Waals surface area contributed by atoms with Gasteiger partial charge in [0.25, 0.3) is 5.91 Å². The summed E-state index contributed by atoms with van der Waals surface area (Å²) in [5.74, 6) is 0.594. The van der Waals surface area contributed by atoms with Gasteiger partial charge in [0, 0.05) is 17.7 Å². The van der Waals surface area contributed by atoms with E-state index in [0.717, 1.165) is 38.0 Å². The summed E-state index contributed by atoms with van der Waals surface area (Å²) in [5.41, 5.74) is 1.48. The molecule has 2 aromatic rings. The molecule has 1 aliphatic heterocycles. The van der Waals surface area contributed by atoms with Crippen molar-refractivity contribution in [2.45, 2.75) is 50.5 Å². The number of tetrazole rings is 1. The highest BCUT2D eigenvalue weighted by atomic mass is 16.1. The van der Waals surface area contributed by atoms with E-state index >= 15 is 0 Å². The highest BCUT2D eigenvalue weighted by Gasteiger charge is 2.36. The van der Waals surface area contributed by atoms with Crippen molar-refractivity contribution >= 4 is 5.91 Å². The van der Waals surface area contributed by atoms with Crippen molar-refractivity contribution in [3.8, 4) is 11.4 Å². The third-order valence-electron chi connectivity index (χ3n) is 5.83. The minimum absolute atomic E-state index is 0.0229. The Morgan fingerprint density at radius 2 is 1.78 bits per heavy atom. The zero-order chi connectivity index (χ0) is 18.7. The van der Waals surface area contributed by atoms with Gasteiger partial charge in [-0.05, 0) is 56.1 Å². The quantitative estimate of drug-likeness (QED) is 0.877. The molecule has 1 saturated heterocycles. The Morgan fingerprint density at radius 3 is 2.41 bits per heavy atom. The van der Waals surface area contributed by atoms with Crippen LogP contribution in [0.15, 0.2) is 24.3 Å². The minimum Gasteiger partial charge on any atom is -0.345 e. The molecule has 1 N–H and O–H groups in total. The Labute approximate surface area is 160 Å². The van der Waals surface area contributed by atoms with E-state index in [9.17, 15) is 4.79 Å². The predicted octanol–water partition coefficient (Wildman–Crippen LogP) is 2.41. The third kappa shape index (κ3) is 4.18. The zero-order valence-electron chi connectivity index (χ0n) is 16.0. The molecule has 27 heavy (non-hydrogen) atoms. The summed E-state index contributed by atoms with van der Waals surface area (Å²) >= 11 is 0. The van der Waals surface area contributed by atoms with Gasteiger partial charge in [-0.1, -0.05) is 31.4 Å². The van der Waals surface area contributed by atoms with Crippen LogP contribution in [0.4, 0.5) is 0 Å². The maximum absolute atomic E-state index is 13.0. The molecule has 1 saturated carbocycles. The number of hydrogen-bond donors (Lipinski definition) is 1. The zero-order valence-corrected chi connectivity index (χ0v) is 16.0. The van der Waals surface area contributed by atoms with E-state index < -0.39 is 0 Å². The number of carbonyl (C=O) groups excluding carboxylic acids is 1. The summed E-state index contributed by atoms with van der Waals surface area (Å²) < 4.78 is 0. The molecule has 2 fully saturated rings. The van der Waals surface area contributed by atoms with E-state index in [1.54, 1.807) is 7.05 Å². The highest BCUT2D eigenvalue weighted by Crippen LogP contribution is 2.30. The van der Waals surface area contributed by atoms with Gasteiger partial charge in [-0.3, -0.25) is 4.79 Å². The number of amides is 1. The molecule has 144 valence electrons. The predicted molar refractivity (Wildman–Crippen MR) is 103 cm³/mol. The molecule has 0 unspecified atom stereocenters. The molecular formula is C20H28N6O. The van der Waals surface area contributed by atoms with Crippen LogP contribution in [0.5, 0.6) is 0 Å². The number of nitrogens with zero attached hydrogens (tertiary/aromatic N) is 5. The molecule has 4 rings (SSSR count). The second-order valence-corrected chi connectivity index (χ2v) is 7.96. The van der Waals surface area contributed by atoms with Crippen LogP contribution in [0.3, 0.4) is 0 Å². The SMILES string of the molecule is Cn1nnc(-c2ccc(C(=O)NC3(CN4CCCC4)CCCCC3)cc2)n1. The fraction of sp³-hybridized carbons (Fsp3) is 0.600. The molecule has 0 atom stereocenters. The molecular weight excluding hydrogens is 340 g/mol. The topological polar surface area (TPSA) is 75.9 Å². The number of rotatable bonds is 5. The molecule has 1 aromatic heterocycles. The minimum atomic E-state index is -0.0786. The van der Waals surface area contributed by atoms with Crippen molar-refractivity contribution < 1.29 is 4.79 Å². The van der Waals surface area contributed by atoms with Crippen molar-refractivity contribution in [1.82, 2.24) is 30.4 Å². The van der Waals surface area contributed by atoms with Gasteiger partial charge < -0.3 is 10.2 Å². The Balaban J connectivity index is 1.47. The highest BCUT2D eigenvalue weighted by molar-refractivity contribution is 5.95. The first-order valence-electron chi connectivity index (χ1n) is 10.0. The second-order valence-electron chi connectivity index (χ2n) is 7.96. The number of hydrogen-bond acceptors (Lipinski definition) is 5. The number of aryl methyl sites for hydroxylation is 1. The van der Waals surface area contributed by atoms with E-state index in [0.29, 0.717) is 11.4 Å². The van der Waals surface area contributed by atoms with E-state index in [-0.39, 0.29) is 11.4 Å². The summed E-state index contributed by atoms with van der Waals surface area (Å²) in [6.45, 7) is 3.31. The van der Waals surface area contributed by atoms with Crippen molar-refractivity contribution in [1.29, 1.82) is 0 Å². The second kappa shape index (κ2) is 7.76. The van der Waals surface area contributed by atoms with Gasteiger partial charge in [0.2, 0.25) is 5.82 Å². The summed E-state index contributed by atoms with van der Waals surface area (Å²) in [4.78, 5) is 16.9. The standard InChI is InChI=1S/C20H28N6O/c1-25-23-18(22-24-25)16-7-9-17(10-8-16)19(27)21-20(11-3-2-4-12-20)15-26-13-5-6-14-26/h7-10H,2-6,11-15H2,1H3,(H,21,27). The average molecular weight is 368 g/mol. The van der Waals surface area contributed by atoms with Gasteiger partial charge >= 0.3 is 0 Å². The Hall–Kier alpha value is -2.28. The molecule has 1 aromatic carbocycles. The van der Waals surface area contributed by atoms with Gasteiger partial charge in [0.05, 0.1) is 12.6 Å².